The van der Waals surface area contributed by atoms with Crippen molar-refractivity contribution in [2.45, 2.75) is 23.6 Å². The van der Waals surface area contributed by atoms with E-state index in [1.807, 2.05) is 17.0 Å². The van der Waals surface area contributed by atoms with Gasteiger partial charge in [0.2, 0.25) is 5.91 Å². The lowest BCUT2D eigenvalue weighted by Crippen LogP contribution is -2.51. The number of aromatic nitrogens is 1. The maximum atomic E-state index is 12.9. The van der Waals surface area contributed by atoms with E-state index in [0.717, 1.165) is 32.7 Å². The Balaban J connectivity index is 1.26. The first kappa shape index (κ1) is 20.5. The molecule has 0 aliphatic carbocycles. The van der Waals surface area contributed by atoms with Crippen LogP contribution in [-0.2, 0) is 21.4 Å². The molecule has 0 atom stereocenters. The van der Waals surface area contributed by atoms with Gasteiger partial charge in [0.15, 0.2) is 0 Å². The van der Waals surface area contributed by atoms with Gasteiger partial charge in [0.25, 0.3) is 10.0 Å². The summed E-state index contributed by atoms with van der Waals surface area (Å²) >= 11 is 1.24. The molecule has 1 amide bonds. The van der Waals surface area contributed by atoms with Crippen molar-refractivity contribution in [2.75, 3.05) is 39.3 Å². The van der Waals surface area contributed by atoms with E-state index >= 15 is 0 Å². The van der Waals surface area contributed by atoms with Crippen LogP contribution in [0.25, 0.3) is 0 Å². The molecule has 2 aromatic heterocycles. The Morgan fingerprint density at radius 2 is 1.72 bits per heavy atom. The standard InChI is InChI=1S/C20H26N4O3S2/c25-20(23-13-11-22(12-14-23)16-17-3-7-21-8-4-17)18-5-9-24(10-6-18)29(26,27)19-2-1-15-28-19/h1-4,7-8,15,18H,5-6,9-14,16H2. The molecular formula is C20H26N4O3S2. The van der Waals surface area contributed by atoms with Crippen LogP contribution < -0.4 is 0 Å². The number of thiophene rings is 1. The fraction of sp³-hybridized carbons (Fsp3) is 0.500. The van der Waals surface area contributed by atoms with Crippen molar-refractivity contribution in [2.24, 2.45) is 5.92 Å². The van der Waals surface area contributed by atoms with Crippen molar-refractivity contribution < 1.29 is 13.2 Å². The molecule has 0 aromatic carbocycles. The normalized spacial score (nSPS) is 20.1. The summed E-state index contributed by atoms with van der Waals surface area (Å²) in [7, 11) is -3.41. The number of carbonyl (C=O) groups is 1. The molecule has 29 heavy (non-hydrogen) atoms. The number of sulfonamides is 1. The second-order valence-corrected chi connectivity index (χ2v) is 10.7. The number of hydrogen-bond acceptors (Lipinski definition) is 6. The van der Waals surface area contributed by atoms with E-state index in [1.54, 1.807) is 29.9 Å². The van der Waals surface area contributed by atoms with Gasteiger partial charge < -0.3 is 4.90 Å². The molecule has 2 fully saturated rings. The van der Waals surface area contributed by atoms with E-state index in [4.69, 9.17) is 0 Å². The number of piperidine rings is 1. The van der Waals surface area contributed by atoms with Crippen LogP contribution in [0.15, 0.2) is 46.2 Å². The summed E-state index contributed by atoms with van der Waals surface area (Å²) in [5.41, 5.74) is 1.24. The zero-order valence-corrected chi connectivity index (χ0v) is 17.9. The average molecular weight is 435 g/mol. The molecule has 0 unspecified atom stereocenters. The highest BCUT2D eigenvalue weighted by atomic mass is 32.2. The lowest BCUT2D eigenvalue weighted by Gasteiger charge is -2.38. The summed E-state index contributed by atoms with van der Waals surface area (Å²) in [6.45, 7) is 4.90. The van der Waals surface area contributed by atoms with Crippen LogP contribution in [0.2, 0.25) is 0 Å². The number of rotatable bonds is 5. The van der Waals surface area contributed by atoms with Crippen LogP contribution in [0.3, 0.4) is 0 Å². The van der Waals surface area contributed by atoms with Gasteiger partial charge in [-0.2, -0.15) is 4.31 Å². The summed E-state index contributed by atoms with van der Waals surface area (Å²) in [5, 5.41) is 1.78. The molecular weight excluding hydrogens is 408 g/mol. The van der Waals surface area contributed by atoms with Crippen molar-refractivity contribution in [1.82, 2.24) is 19.1 Å². The smallest absolute Gasteiger partial charge is 0.252 e. The van der Waals surface area contributed by atoms with Gasteiger partial charge in [-0.1, -0.05) is 6.07 Å². The molecule has 0 N–H and O–H groups in total. The molecule has 0 saturated carbocycles. The molecule has 2 aliphatic rings. The third-order valence-electron chi connectivity index (χ3n) is 5.73. The van der Waals surface area contributed by atoms with Crippen LogP contribution in [0.5, 0.6) is 0 Å². The summed E-state index contributed by atoms with van der Waals surface area (Å²) in [5.74, 6) is 0.110. The van der Waals surface area contributed by atoms with Crippen LogP contribution in [-0.4, -0.2) is 72.7 Å². The number of amides is 1. The Bertz CT molecular complexity index is 902. The number of nitrogens with zero attached hydrogens (tertiary/aromatic N) is 4. The summed E-state index contributed by atoms with van der Waals surface area (Å²) in [6.07, 6.45) is 4.81. The first-order valence-electron chi connectivity index (χ1n) is 9.98. The lowest BCUT2D eigenvalue weighted by atomic mass is 9.96. The van der Waals surface area contributed by atoms with Crippen LogP contribution >= 0.6 is 11.3 Å². The highest BCUT2D eigenvalue weighted by molar-refractivity contribution is 7.91. The van der Waals surface area contributed by atoms with Gasteiger partial charge >= 0.3 is 0 Å². The van der Waals surface area contributed by atoms with Crippen molar-refractivity contribution in [1.29, 1.82) is 0 Å². The minimum atomic E-state index is -3.41. The van der Waals surface area contributed by atoms with E-state index in [2.05, 4.69) is 9.88 Å². The van der Waals surface area contributed by atoms with Gasteiger partial charge in [-0.25, -0.2) is 8.42 Å². The minimum Gasteiger partial charge on any atom is -0.340 e. The molecule has 9 heteroatoms. The minimum absolute atomic E-state index is 0.0727. The molecule has 2 aliphatic heterocycles. The highest BCUT2D eigenvalue weighted by Gasteiger charge is 2.34. The largest absolute Gasteiger partial charge is 0.340 e. The summed E-state index contributed by atoms with van der Waals surface area (Å²) in [6, 6.07) is 7.44. The Morgan fingerprint density at radius 3 is 2.34 bits per heavy atom. The molecule has 7 nitrogen and oxygen atoms in total. The Hall–Kier alpha value is -1.81. The van der Waals surface area contributed by atoms with Gasteiger partial charge in [0.1, 0.15) is 4.21 Å². The molecule has 2 aromatic rings. The second-order valence-electron chi connectivity index (χ2n) is 7.57. The zero-order valence-electron chi connectivity index (χ0n) is 16.3. The Labute approximate surface area is 176 Å². The molecule has 4 heterocycles. The Morgan fingerprint density at radius 1 is 1.03 bits per heavy atom. The molecule has 0 radical (unpaired) electrons. The van der Waals surface area contributed by atoms with Gasteiger partial charge in [-0.05, 0) is 42.0 Å². The molecule has 4 rings (SSSR count). The van der Waals surface area contributed by atoms with Crippen molar-refractivity contribution >= 4 is 27.3 Å². The van der Waals surface area contributed by atoms with Crippen molar-refractivity contribution in [3.8, 4) is 0 Å². The van der Waals surface area contributed by atoms with E-state index in [0.29, 0.717) is 30.1 Å². The second kappa shape index (κ2) is 8.91. The van der Waals surface area contributed by atoms with Gasteiger partial charge in [0.05, 0.1) is 0 Å². The molecule has 0 bridgehead atoms. The average Bonchev–Trinajstić information content (AvgIpc) is 3.31. The predicted octanol–water partition coefficient (Wildman–Crippen LogP) is 1.89. The van der Waals surface area contributed by atoms with E-state index < -0.39 is 10.0 Å². The SMILES string of the molecule is O=C(C1CCN(S(=O)(=O)c2cccs2)CC1)N1CCN(Cc2ccncc2)CC1. The lowest BCUT2D eigenvalue weighted by molar-refractivity contribution is -0.138. The first-order valence-corrected chi connectivity index (χ1v) is 12.3. The van der Waals surface area contributed by atoms with Gasteiger partial charge in [-0.3, -0.25) is 14.7 Å². The first-order chi connectivity index (χ1) is 14.0. The van der Waals surface area contributed by atoms with Gasteiger partial charge in [-0.15, -0.1) is 11.3 Å². The quantitative estimate of drug-likeness (QED) is 0.719. The number of piperazine rings is 1. The molecule has 0 spiro atoms. The topological polar surface area (TPSA) is 73.8 Å². The number of pyridine rings is 1. The van der Waals surface area contributed by atoms with Crippen LogP contribution in [0, 0.1) is 5.92 Å². The van der Waals surface area contributed by atoms with Crippen LogP contribution in [0.1, 0.15) is 18.4 Å². The fourth-order valence-electron chi connectivity index (χ4n) is 4.01. The van der Waals surface area contributed by atoms with Gasteiger partial charge in [0, 0.05) is 64.1 Å². The molecule has 2 saturated heterocycles. The van der Waals surface area contributed by atoms with E-state index in [-0.39, 0.29) is 11.8 Å². The monoisotopic (exact) mass is 434 g/mol. The maximum absolute atomic E-state index is 12.9. The Kier molecular flexibility index (Phi) is 6.29. The third-order valence-corrected chi connectivity index (χ3v) is 9.00. The zero-order chi connectivity index (χ0) is 20.3. The maximum Gasteiger partial charge on any atom is 0.252 e. The summed E-state index contributed by atoms with van der Waals surface area (Å²) < 4.78 is 27.2. The summed E-state index contributed by atoms with van der Waals surface area (Å²) in [4.78, 5) is 21.3. The van der Waals surface area contributed by atoms with Crippen molar-refractivity contribution in [3.05, 3.63) is 47.6 Å². The predicted molar refractivity (Wildman–Crippen MR) is 112 cm³/mol. The third kappa shape index (κ3) is 4.69. The van der Waals surface area contributed by atoms with E-state index in [1.165, 1.54) is 21.2 Å². The number of carbonyl (C=O) groups excluding carboxylic acids is 1. The highest BCUT2D eigenvalue weighted by Crippen LogP contribution is 2.27. The molecule has 156 valence electrons. The van der Waals surface area contributed by atoms with Crippen LogP contribution in [0.4, 0.5) is 0 Å². The fourth-order valence-corrected chi connectivity index (χ4v) is 6.63. The van der Waals surface area contributed by atoms with E-state index in [9.17, 15) is 13.2 Å². The number of hydrogen-bond donors (Lipinski definition) is 0. The van der Waals surface area contributed by atoms with Crippen molar-refractivity contribution in [3.63, 3.8) is 0 Å².